The van der Waals surface area contributed by atoms with E-state index in [4.69, 9.17) is 5.73 Å². The molecule has 100 valence electrons. The Morgan fingerprint density at radius 3 is 3.05 bits per heavy atom. The molecule has 1 aromatic carbocycles. The molecule has 2 amide bonds. The molecule has 2 heterocycles. The van der Waals surface area contributed by atoms with Gasteiger partial charge < -0.3 is 16.0 Å². The van der Waals surface area contributed by atoms with Crippen molar-refractivity contribution in [3.8, 4) is 0 Å². The van der Waals surface area contributed by atoms with Crippen LogP contribution in [0.25, 0.3) is 0 Å². The van der Waals surface area contributed by atoms with E-state index in [-0.39, 0.29) is 11.8 Å². The maximum Gasteiger partial charge on any atom is 0.253 e. The number of anilines is 1. The predicted octanol–water partition coefficient (Wildman–Crippen LogP) is 0.602. The van der Waals surface area contributed by atoms with Gasteiger partial charge in [0.1, 0.15) is 0 Å². The Kier molecular flexibility index (Phi) is 2.98. The van der Waals surface area contributed by atoms with E-state index in [1.165, 1.54) is 0 Å². The van der Waals surface area contributed by atoms with Gasteiger partial charge in [-0.05, 0) is 36.6 Å². The molecule has 1 atom stereocenters. The summed E-state index contributed by atoms with van der Waals surface area (Å²) in [6, 6.07) is 5.44. The zero-order valence-corrected chi connectivity index (χ0v) is 10.7. The molecule has 1 aromatic rings. The summed E-state index contributed by atoms with van der Waals surface area (Å²) in [6.45, 7) is 2.13. The largest absolute Gasteiger partial charge is 0.338 e. The van der Waals surface area contributed by atoms with Gasteiger partial charge in [0.25, 0.3) is 5.91 Å². The van der Waals surface area contributed by atoms with Gasteiger partial charge in [0.2, 0.25) is 5.91 Å². The summed E-state index contributed by atoms with van der Waals surface area (Å²) in [5.41, 5.74) is 8.01. The van der Waals surface area contributed by atoms with Crippen LogP contribution in [-0.2, 0) is 11.2 Å². The van der Waals surface area contributed by atoms with Gasteiger partial charge >= 0.3 is 0 Å². The van der Waals surface area contributed by atoms with Crippen LogP contribution in [0.15, 0.2) is 18.2 Å². The number of hydrogen-bond acceptors (Lipinski definition) is 3. The number of fused-ring (bicyclic) bond motifs is 1. The molecule has 19 heavy (non-hydrogen) atoms. The van der Waals surface area contributed by atoms with Crippen LogP contribution in [-0.4, -0.2) is 36.3 Å². The monoisotopic (exact) mass is 259 g/mol. The zero-order valence-electron chi connectivity index (χ0n) is 10.7. The average molecular weight is 259 g/mol. The van der Waals surface area contributed by atoms with Crippen molar-refractivity contribution in [2.24, 2.45) is 11.7 Å². The minimum Gasteiger partial charge on any atom is -0.338 e. The fraction of sp³-hybridized carbons (Fsp3) is 0.429. The quantitative estimate of drug-likeness (QED) is 0.816. The number of nitrogens with zero attached hydrogens (tertiary/aromatic N) is 1. The van der Waals surface area contributed by atoms with Crippen molar-refractivity contribution in [1.29, 1.82) is 0 Å². The Morgan fingerprint density at radius 2 is 2.32 bits per heavy atom. The van der Waals surface area contributed by atoms with Crippen molar-refractivity contribution < 1.29 is 9.59 Å². The molecule has 1 fully saturated rings. The molecule has 5 nitrogen and oxygen atoms in total. The topological polar surface area (TPSA) is 75.4 Å². The standard InChI is InChI=1S/C14H17N3O2/c15-7-9-3-4-17(8-9)14(19)11-2-1-10-6-13(18)16-12(10)5-11/h1-2,5,9H,3-4,6-8,15H2,(H,16,18). The van der Waals surface area contributed by atoms with Crippen molar-refractivity contribution in [2.45, 2.75) is 12.8 Å². The highest BCUT2D eigenvalue weighted by Crippen LogP contribution is 2.25. The van der Waals surface area contributed by atoms with Crippen molar-refractivity contribution in [1.82, 2.24) is 4.90 Å². The summed E-state index contributed by atoms with van der Waals surface area (Å²) in [5.74, 6) is 0.432. The van der Waals surface area contributed by atoms with E-state index < -0.39 is 0 Å². The van der Waals surface area contributed by atoms with Crippen LogP contribution >= 0.6 is 0 Å². The summed E-state index contributed by atoms with van der Waals surface area (Å²) in [4.78, 5) is 25.5. The van der Waals surface area contributed by atoms with Crippen LogP contribution in [0.2, 0.25) is 0 Å². The van der Waals surface area contributed by atoms with E-state index in [1.54, 1.807) is 12.1 Å². The van der Waals surface area contributed by atoms with E-state index >= 15 is 0 Å². The first-order valence-electron chi connectivity index (χ1n) is 6.59. The molecular weight excluding hydrogens is 242 g/mol. The van der Waals surface area contributed by atoms with Gasteiger partial charge in [0.15, 0.2) is 0 Å². The molecule has 2 aliphatic heterocycles. The lowest BCUT2D eigenvalue weighted by Gasteiger charge is -2.16. The SMILES string of the molecule is NCC1CCN(C(=O)c2ccc3c(c2)NC(=O)C3)C1. The Labute approximate surface area is 111 Å². The average Bonchev–Trinajstić information content (AvgIpc) is 3.01. The number of nitrogens with one attached hydrogen (secondary N) is 1. The third kappa shape index (κ3) is 2.21. The van der Waals surface area contributed by atoms with Crippen molar-refractivity contribution >= 4 is 17.5 Å². The molecule has 0 bridgehead atoms. The van der Waals surface area contributed by atoms with E-state index in [0.717, 1.165) is 30.8 Å². The molecule has 0 aromatic heterocycles. The fourth-order valence-electron chi connectivity index (χ4n) is 2.74. The summed E-state index contributed by atoms with van der Waals surface area (Å²) >= 11 is 0. The maximum atomic E-state index is 12.4. The Morgan fingerprint density at radius 1 is 1.47 bits per heavy atom. The van der Waals surface area contributed by atoms with Gasteiger partial charge in [0, 0.05) is 24.3 Å². The molecular formula is C14H17N3O2. The number of rotatable bonds is 2. The minimum atomic E-state index is -0.0102. The van der Waals surface area contributed by atoms with Crippen molar-refractivity contribution in [2.75, 3.05) is 25.0 Å². The van der Waals surface area contributed by atoms with Gasteiger partial charge in [-0.3, -0.25) is 9.59 Å². The van der Waals surface area contributed by atoms with E-state index in [1.807, 2.05) is 11.0 Å². The van der Waals surface area contributed by atoms with Gasteiger partial charge in [-0.15, -0.1) is 0 Å². The normalized spacial score (nSPS) is 21.4. The molecule has 0 spiro atoms. The summed E-state index contributed by atoms with van der Waals surface area (Å²) < 4.78 is 0. The number of carbonyl (C=O) groups is 2. The second-order valence-electron chi connectivity index (χ2n) is 5.24. The van der Waals surface area contributed by atoms with Gasteiger partial charge in [-0.25, -0.2) is 0 Å². The van der Waals surface area contributed by atoms with Crippen LogP contribution in [0.1, 0.15) is 22.3 Å². The van der Waals surface area contributed by atoms with Crippen LogP contribution in [0.3, 0.4) is 0 Å². The highest BCUT2D eigenvalue weighted by molar-refractivity contribution is 6.02. The van der Waals surface area contributed by atoms with E-state index in [0.29, 0.717) is 24.4 Å². The number of amides is 2. The lowest BCUT2D eigenvalue weighted by Crippen LogP contribution is -2.29. The third-order valence-corrected chi connectivity index (χ3v) is 3.89. The minimum absolute atomic E-state index is 0.0102. The Balaban J connectivity index is 1.78. The number of hydrogen-bond donors (Lipinski definition) is 2. The van der Waals surface area contributed by atoms with Gasteiger partial charge in [0.05, 0.1) is 6.42 Å². The maximum absolute atomic E-state index is 12.4. The third-order valence-electron chi connectivity index (χ3n) is 3.89. The molecule has 3 N–H and O–H groups in total. The first kappa shape index (κ1) is 12.2. The molecule has 3 rings (SSSR count). The lowest BCUT2D eigenvalue weighted by atomic mass is 10.1. The highest BCUT2D eigenvalue weighted by atomic mass is 16.2. The molecule has 0 aliphatic carbocycles. The first-order chi connectivity index (χ1) is 9.17. The van der Waals surface area contributed by atoms with Crippen LogP contribution in [0, 0.1) is 5.92 Å². The van der Waals surface area contributed by atoms with Crippen LogP contribution < -0.4 is 11.1 Å². The summed E-state index contributed by atoms with van der Waals surface area (Å²) in [5, 5.41) is 2.77. The smallest absolute Gasteiger partial charge is 0.253 e. The summed E-state index contributed by atoms with van der Waals surface area (Å²) in [7, 11) is 0. The molecule has 5 heteroatoms. The molecule has 1 unspecified atom stereocenters. The van der Waals surface area contributed by atoms with E-state index in [2.05, 4.69) is 5.32 Å². The Bertz CT molecular complexity index is 541. The van der Waals surface area contributed by atoms with Gasteiger partial charge in [-0.2, -0.15) is 0 Å². The number of nitrogens with two attached hydrogens (primary N) is 1. The lowest BCUT2D eigenvalue weighted by molar-refractivity contribution is -0.115. The zero-order chi connectivity index (χ0) is 13.4. The second-order valence-corrected chi connectivity index (χ2v) is 5.24. The number of carbonyl (C=O) groups excluding carboxylic acids is 2. The molecule has 0 saturated carbocycles. The molecule has 0 radical (unpaired) electrons. The van der Waals surface area contributed by atoms with Crippen LogP contribution in [0.5, 0.6) is 0 Å². The number of benzene rings is 1. The highest BCUT2D eigenvalue weighted by Gasteiger charge is 2.27. The van der Waals surface area contributed by atoms with Crippen LogP contribution in [0.4, 0.5) is 5.69 Å². The fourth-order valence-corrected chi connectivity index (χ4v) is 2.74. The predicted molar refractivity (Wildman–Crippen MR) is 71.8 cm³/mol. The summed E-state index contributed by atoms with van der Waals surface area (Å²) in [6.07, 6.45) is 1.38. The van der Waals surface area contributed by atoms with E-state index in [9.17, 15) is 9.59 Å². The molecule has 1 saturated heterocycles. The number of likely N-dealkylation sites (tertiary alicyclic amines) is 1. The molecule has 2 aliphatic rings. The van der Waals surface area contributed by atoms with Gasteiger partial charge in [-0.1, -0.05) is 6.07 Å². The van der Waals surface area contributed by atoms with Crippen molar-refractivity contribution in [3.63, 3.8) is 0 Å². The van der Waals surface area contributed by atoms with Crippen molar-refractivity contribution in [3.05, 3.63) is 29.3 Å². The first-order valence-corrected chi connectivity index (χ1v) is 6.59. The Hall–Kier alpha value is -1.88. The second kappa shape index (κ2) is 4.66.